The van der Waals surface area contributed by atoms with E-state index in [1.165, 1.54) is 0 Å². The molecule has 2 heterocycles. The first-order chi connectivity index (χ1) is 8.49. The lowest BCUT2D eigenvalue weighted by Gasteiger charge is -2.21. The number of furan rings is 1. The summed E-state index contributed by atoms with van der Waals surface area (Å²) < 4.78 is 5.36. The fourth-order valence-electron chi connectivity index (χ4n) is 1.63. The van der Waals surface area contributed by atoms with Crippen molar-refractivity contribution in [1.82, 2.24) is 10.3 Å². The van der Waals surface area contributed by atoms with E-state index < -0.39 is 5.60 Å². The second-order valence-electron chi connectivity index (χ2n) is 4.45. The van der Waals surface area contributed by atoms with Gasteiger partial charge in [-0.15, -0.1) is 0 Å². The third kappa shape index (κ3) is 2.62. The average molecular weight is 248 g/mol. The van der Waals surface area contributed by atoms with E-state index in [4.69, 9.17) is 4.42 Å². The molecule has 2 aromatic rings. The molecule has 3 N–H and O–H groups in total. The van der Waals surface area contributed by atoms with Crippen LogP contribution >= 0.6 is 0 Å². The van der Waals surface area contributed by atoms with Crippen molar-refractivity contribution >= 4 is 5.91 Å². The van der Waals surface area contributed by atoms with Gasteiger partial charge in [0.05, 0.1) is 6.54 Å². The topological polar surface area (TPSA) is 78.3 Å². The zero-order valence-electron chi connectivity index (χ0n) is 10.4. The second kappa shape index (κ2) is 4.70. The van der Waals surface area contributed by atoms with Crippen LogP contribution < -0.4 is 5.32 Å². The Balaban J connectivity index is 1.99. The van der Waals surface area contributed by atoms with E-state index in [1.54, 1.807) is 44.3 Å². The molecule has 0 saturated heterocycles. The van der Waals surface area contributed by atoms with Crippen LogP contribution in [-0.2, 0) is 5.60 Å². The van der Waals surface area contributed by atoms with Crippen LogP contribution in [0.4, 0.5) is 0 Å². The molecule has 0 radical (unpaired) electrons. The lowest BCUT2D eigenvalue weighted by molar-refractivity contribution is 0.0322. The van der Waals surface area contributed by atoms with Gasteiger partial charge in [-0.25, -0.2) is 0 Å². The second-order valence-corrected chi connectivity index (χ2v) is 4.45. The summed E-state index contributed by atoms with van der Waals surface area (Å²) in [6.07, 6.45) is 1.67. The molecule has 96 valence electrons. The van der Waals surface area contributed by atoms with E-state index in [9.17, 15) is 9.90 Å². The molecule has 2 rings (SSSR count). The van der Waals surface area contributed by atoms with E-state index in [0.29, 0.717) is 11.5 Å². The Morgan fingerprint density at radius 2 is 2.28 bits per heavy atom. The Labute approximate surface area is 105 Å². The Kier molecular flexibility index (Phi) is 3.25. The first-order valence-electron chi connectivity index (χ1n) is 5.70. The monoisotopic (exact) mass is 248 g/mol. The molecule has 1 atom stereocenters. The highest BCUT2D eigenvalue weighted by Crippen LogP contribution is 2.21. The predicted octanol–water partition coefficient (Wildman–Crippen LogP) is 1.55. The van der Waals surface area contributed by atoms with Crippen molar-refractivity contribution in [2.45, 2.75) is 19.4 Å². The summed E-state index contributed by atoms with van der Waals surface area (Å²) in [4.78, 5) is 14.5. The number of aliphatic hydroxyl groups is 1. The molecule has 18 heavy (non-hydrogen) atoms. The highest BCUT2D eigenvalue weighted by molar-refractivity contribution is 5.92. The third-order valence-electron chi connectivity index (χ3n) is 2.71. The normalized spacial score (nSPS) is 14.2. The van der Waals surface area contributed by atoms with E-state index >= 15 is 0 Å². The highest BCUT2D eigenvalue weighted by atomic mass is 16.4. The van der Waals surface area contributed by atoms with Crippen LogP contribution in [0.3, 0.4) is 0 Å². The molecule has 0 aliphatic rings. The minimum atomic E-state index is -1.23. The lowest BCUT2D eigenvalue weighted by atomic mass is 10.0. The zero-order valence-corrected chi connectivity index (χ0v) is 10.4. The average Bonchev–Trinajstić information content (AvgIpc) is 2.96. The van der Waals surface area contributed by atoms with Crippen molar-refractivity contribution in [3.63, 3.8) is 0 Å². The minimum absolute atomic E-state index is 0.0812. The van der Waals surface area contributed by atoms with Gasteiger partial charge in [0.15, 0.2) is 0 Å². The number of aromatic amines is 1. The number of carbonyl (C=O) groups excluding carboxylic acids is 1. The molecular weight excluding hydrogens is 232 g/mol. The minimum Gasteiger partial charge on any atom is -0.463 e. The summed E-state index contributed by atoms with van der Waals surface area (Å²) in [5, 5.41) is 12.9. The van der Waals surface area contributed by atoms with Crippen LogP contribution in [0.15, 0.2) is 34.9 Å². The standard InChI is InChI=1S/C13H16N2O3/c1-9-5-6-11(18-9)13(2,17)8-15-12(16)10-4-3-7-14-10/h3-7,14,17H,8H2,1-2H3,(H,15,16)/t13-/m0/s1. The maximum Gasteiger partial charge on any atom is 0.267 e. The van der Waals surface area contributed by atoms with Gasteiger partial charge in [0.25, 0.3) is 5.91 Å². The van der Waals surface area contributed by atoms with E-state index in [0.717, 1.165) is 5.76 Å². The first-order valence-corrected chi connectivity index (χ1v) is 5.70. The van der Waals surface area contributed by atoms with Gasteiger partial charge in [-0.1, -0.05) is 0 Å². The van der Waals surface area contributed by atoms with Gasteiger partial charge in [0.2, 0.25) is 0 Å². The van der Waals surface area contributed by atoms with Crippen molar-refractivity contribution in [2.75, 3.05) is 6.54 Å². The van der Waals surface area contributed by atoms with Gasteiger partial charge in [-0.05, 0) is 38.1 Å². The van der Waals surface area contributed by atoms with Gasteiger partial charge in [-0.2, -0.15) is 0 Å². The Hall–Kier alpha value is -2.01. The van der Waals surface area contributed by atoms with Crippen molar-refractivity contribution in [3.8, 4) is 0 Å². The Morgan fingerprint density at radius 1 is 1.50 bits per heavy atom. The summed E-state index contributed by atoms with van der Waals surface area (Å²) in [6, 6.07) is 6.89. The Bertz CT molecular complexity index is 526. The maximum atomic E-state index is 11.7. The molecule has 5 heteroatoms. The van der Waals surface area contributed by atoms with Crippen LogP contribution in [0, 0.1) is 6.92 Å². The quantitative estimate of drug-likeness (QED) is 0.768. The first kappa shape index (κ1) is 12.4. The predicted molar refractivity (Wildman–Crippen MR) is 66.1 cm³/mol. The van der Waals surface area contributed by atoms with Gasteiger partial charge < -0.3 is 19.8 Å². The third-order valence-corrected chi connectivity index (χ3v) is 2.71. The van der Waals surface area contributed by atoms with Crippen LogP contribution in [0.2, 0.25) is 0 Å². The number of nitrogens with one attached hydrogen (secondary N) is 2. The number of hydrogen-bond acceptors (Lipinski definition) is 3. The van der Waals surface area contributed by atoms with Gasteiger partial charge in [-0.3, -0.25) is 4.79 Å². The summed E-state index contributed by atoms with van der Waals surface area (Å²) in [6.45, 7) is 3.48. The lowest BCUT2D eigenvalue weighted by Crippen LogP contribution is -2.38. The highest BCUT2D eigenvalue weighted by Gasteiger charge is 2.27. The van der Waals surface area contributed by atoms with Crippen molar-refractivity contribution in [1.29, 1.82) is 0 Å². The summed E-state index contributed by atoms with van der Waals surface area (Å²) in [7, 11) is 0. The number of H-pyrrole nitrogens is 1. The van der Waals surface area contributed by atoms with Crippen LogP contribution in [-0.4, -0.2) is 22.5 Å². The van der Waals surface area contributed by atoms with Gasteiger partial charge in [0.1, 0.15) is 22.8 Å². The fraction of sp³-hybridized carbons (Fsp3) is 0.308. The zero-order chi connectivity index (χ0) is 13.2. The molecule has 5 nitrogen and oxygen atoms in total. The summed E-state index contributed by atoms with van der Waals surface area (Å²) >= 11 is 0. The molecule has 2 aromatic heterocycles. The molecule has 0 spiro atoms. The molecule has 0 fully saturated rings. The fourth-order valence-corrected chi connectivity index (χ4v) is 1.63. The number of carbonyl (C=O) groups is 1. The summed E-state index contributed by atoms with van der Waals surface area (Å²) in [5.74, 6) is 0.899. The molecule has 1 amide bonds. The molecule has 0 unspecified atom stereocenters. The molecule has 0 aliphatic heterocycles. The van der Waals surface area contributed by atoms with Gasteiger partial charge in [0, 0.05) is 6.20 Å². The number of hydrogen-bond donors (Lipinski definition) is 3. The largest absolute Gasteiger partial charge is 0.463 e. The number of rotatable bonds is 4. The van der Waals surface area contributed by atoms with Gasteiger partial charge >= 0.3 is 0 Å². The van der Waals surface area contributed by atoms with E-state index in [2.05, 4.69) is 10.3 Å². The Morgan fingerprint density at radius 3 is 2.83 bits per heavy atom. The summed E-state index contributed by atoms with van der Waals surface area (Å²) in [5.41, 5.74) is -0.766. The number of aryl methyl sites for hydroxylation is 1. The van der Waals surface area contributed by atoms with Crippen molar-refractivity contribution < 1.29 is 14.3 Å². The molecule has 0 bridgehead atoms. The molecule has 0 saturated carbocycles. The van der Waals surface area contributed by atoms with Crippen LogP contribution in [0.25, 0.3) is 0 Å². The maximum absolute atomic E-state index is 11.7. The van der Waals surface area contributed by atoms with E-state index in [-0.39, 0.29) is 12.5 Å². The smallest absolute Gasteiger partial charge is 0.267 e. The molecular formula is C13H16N2O3. The van der Waals surface area contributed by atoms with Crippen molar-refractivity contribution in [3.05, 3.63) is 47.7 Å². The SMILES string of the molecule is Cc1ccc([C@@](C)(O)CNC(=O)c2ccc[nH]2)o1. The van der Waals surface area contributed by atoms with Crippen LogP contribution in [0.1, 0.15) is 28.9 Å². The number of aromatic nitrogens is 1. The molecule has 0 aliphatic carbocycles. The van der Waals surface area contributed by atoms with Crippen molar-refractivity contribution in [2.24, 2.45) is 0 Å². The molecule has 0 aromatic carbocycles. The van der Waals surface area contributed by atoms with Crippen LogP contribution in [0.5, 0.6) is 0 Å². The van der Waals surface area contributed by atoms with E-state index in [1.807, 2.05) is 0 Å². The number of amides is 1.